The quantitative estimate of drug-likeness (QED) is 0.535. The Labute approximate surface area is 112 Å². The van der Waals surface area contributed by atoms with Gasteiger partial charge in [0.05, 0.1) is 0 Å². The summed E-state index contributed by atoms with van der Waals surface area (Å²) in [6.45, 7) is 15.8. The Bertz CT molecular complexity index is 384. The minimum absolute atomic E-state index is 0.666. The molecule has 1 aliphatic carbocycles. The lowest BCUT2D eigenvalue weighted by atomic mass is 9.84. The summed E-state index contributed by atoms with van der Waals surface area (Å²) < 4.78 is 0. The maximum absolute atomic E-state index is 4.18. The van der Waals surface area contributed by atoms with Crippen LogP contribution in [0, 0.1) is 5.92 Å². The molecule has 0 N–H and O–H groups in total. The first-order valence-corrected chi connectivity index (χ1v) is 6.69. The van der Waals surface area contributed by atoms with Crippen molar-refractivity contribution in [3.05, 3.63) is 73.4 Å². The molecule has 96 valence electrons. The van der Waals surface area contributed by atoms with Crippen molar-refractivity contribution in [2.24, 2.45) is 5.92 Å². The van der Waals surface area contributed by atoms with Crippen molar-refractivity contribution in [3.8, 4) is 0 Å². The van der Waals surface area contributed by atoms with E-state index in [0.29, 0.717) is 5.92 Å². The van der Waals surface area contributed by atoms with Gasteiger partial charge >= 0.3 is 0 Å². The molecule has 18 heavy (non-hydrogen) atoms. The predicted molar refractivity (Wildman–Crippen MR) is 82.5 cm³/mol. The van der Waals surface area contributed by atoms with E-state index >= 15 is 0 Å². The van der Waals surface area contributed by atoms with Crippen LogP contribution in [0.25, 0.3) is 0 Å². The fraction of sp³-hybridized carbons (Fsp3) is 0.333. The second-order valence-electron chi connectivity index (χ2n) is 4.89. The van der Waals surface area contributed by atoms with Crippen LogP contribution in [0.4, 0.5) is 0 Å². The lowest BCUT2D eigenvalue weighted by molar-refractivity contribution is 0.409. The zero-order valence-electron chi connectivity index (χ0n) is 11.3. The Hall–Kier alpha value is -1.56. The van der Waals surface area contributed by atoms with E-state index < -0.39 is 0 Å². The second-order valence-corrected chi connectivity index (χ2v) is 4.89. The third kappa shape index (κ3) is 4.75. The highest BCUT2D eigenvalue weighted by Gasteiger charge is 2.14. The first-order chi connectivity index (χ1) is 8.65. The SMILES string of the molecule is C=C/C=C\C(=C)C(=C)/C=C\C(=C)C1CCCCC1. The minimum atomic E-state index is 0.666. The Balaban J connectivity index is 2.49. The van der Waals surface area contributed by atoms with Gasteiger partial charge in [-0.2, -0.15) is 0 Å². The molecule has 1 saturated carbocycles. The predicted octanol–water partition coefficient (Wildman–Crippen LogP) is 5.53. The maximum atomic E-state index is 4.18. The zero-order valence-corrected chi connectivity index (χ0v) is 11.3. The van der Waals surface area contributed by atoms with Gasteiger partial charge in [0.25, 0.3) is 0 Å². The van der Waals surface area contributed by atoms with Crippen molar-refractivity contribution in [2.45, 2.75) is 32.1 Å². The van der Waals surface area contributed by atoms with Crippen molar-refractivity contribution in [2.75, 3.05) is 0 Å². The van der Waals surface area contributed by atoms with E-state index in [-0.39, 0.29) is 0 Å². The standard InChI is InChI=1S/C18H24/c1-5-6-10-15(2)16(3)13-14-17(4)18-11-8-7-9-12-18/h5-6,10,13-14,18H,1-4,7-9,11-12H2/b10-6-,14-13-. The molecule has 0 radical (unpaired) electrons. The molecular formula is C18H24. The smallest absolute Gasteiger partial charge is 0.0168 e. The van der Waals surface area contributed by atoms with Crippen LogP contribution < -0.4 is 0 Å². The average Bonchev–Trinajstić information content (AvgIpc) is 2.42. The summed E-state index contributed by atoms with van der Waals surface area (Å²) in [6.07, 6.45) is 16.3. The summed E-state index contributed by atoms with van der Waals surface area (Å²) in [5, 5.41) is 0. The molecule has 0 aromatic rings. The van der Waals surface area contributed by atoms with Crippen LogP contribution >= 0.6 is 0 Å². The summed E-state index contributed by atoms with van der Waals surface area (Å²) in [5.74, 6) is 0.666. The average molecular weight is 240 g/mol. The summed E-state index contributed by atoms with van der Waals surface area (Å²) in [7, 11) is 0. The molecule has 0 amide bonds. The molecule has 0 aliphatic heterocycles. The van der Waals surface area contributed by atoms with Gasteiger partial charge in [-0.15, -0.1) is 0 Å². The van der Waals surface area contributed by atoms with Gasteiger partial charge in [-0.3, -0.25) is 0 Å². The molecule has 0 bridgehead atoms. The van der Waals surface area contributed by atoms with E-state index in [1.54, 1.807) is 6.08 Å². The van der Waals surface area contributed by atoms with Crippen molar-refractivity contribution in [1.29, 1.82) is 0 Å². The van der Waals surface area contributed by atoms with Crippen LogP contribution in [0.5, 0.6) is 0 Å². The third-order valence-electron chi connectivity index (χ3n) is 3.47. The van der Waals surface area contributed by atoms with E-state index in [1.807, 2.05) is 18.2 Å². The molecular weight excluding hydrogens is 216 g/mol. The highest BCUT2D eigenvalue weighted by atomic mass is 14.2. The molecule has 0 atom stereocenters. The fourth-order valence-corrected chi connectivity index (χ4v) is 2.22. The molecule has 0 aromatic carbocycles. The molecule has 0 saturated heterocycles. The Morgan fingerprint density at radius 2 is 1.44 bits per heavy atom. The summed E-state index contributed by atoms with van der Waals surface area (Å²) in [5.41, 5.74) is 3.09. The normalized spacial score (nSPS) is 17.1. The van der Waals surface area contributed by atoms with Crippen molar-refractivity contribution in [3.63, 3.8) is 0 Å². The number of hydrogen-bond donors (Lipinski definition) is 0. The van der Waals surface area contributed by atoms with Crippen molar-refractivity contribution in [1.82, 2.24) is 0 Å². The van der Waals surface area contributed by atoms with Crippen LogP contribution in [0.3, 0.4) is 0 Å². The second kappa shape index (κ2) is 7.71. The van der Waals surface area contributed by atoms with E-state index in [9.17, 15) is 0 Å². The molecule has 0 aromatic heterocycles. The summed E-state index contributed by atoms with van der Waals surface area (Å²) in [6, 6.07) is 0. The lowest BCUT2D eigenvalue weighted by Gasteiger charge is -2.21. The Morgan fingerprint density at radius 3 is 2.06 bits per heavy atom. The van der Waals surface area contributed by atoms with Gasteiger partial charge in [0.1, 0.15) is 0 Å². The molecule has 0 heteroatoms. The molecule has 0 unspecified atom stereocenters. The van der Waals surface area contributed by atoms with Gasteiger partial charge in [0, 0.05) is 0 Å². The van der Waals surface area contributed by atoms with Gasteiger partial charge in [0.15, 0.2) is 0 Å². The van der Waals surface area contributed by atoms with Crippen LogP contribution in [0.2, 0.25) is 0 Å². The monoisotopic (exact) mass is 240 g/mol. The van der Waals surface area contributed by atoms with E-state index in [0.717, 1.165) is 11.1 Å². The van der Waals surface area contributed by atoms with Gasteiger partial charge in [-0.25, -0.2) is 0 Å². The van der Waals surface area contributed by atoms with E-state index in [2.05, 4.69) is 32.4 Å². The molecule has 0 spiro atoms. The lowest BCUT2D eigenvalue weighted by Crippen LogP contribution is -2.07. The summed E-state index contributed by atoms with van der Waals surface area (Å²) in [4.78, 5) is 0. The van der Waals surface area contributed by atoms with Gasteiger partial charge < -0.3 is 0 Å². The largest absolute Gasteiger partial charge is 0.0991 e. The maximum Gasteiger partial charge on any atom is -0.0168 e. The first-order valence-electron chi connectivity index (χ1n) is 6.69. The van der Waals surface area contributed by atoms with Crippen LogP contribution in [-0.4, -0.2) is 0 Å². The number of rotatable bonds is 6. The van der Waals surface area contributed by atoms with Gasteiger partial charge in [0.2, 0.25) is 0 Å². The molecule has 1 rings (SSSR count). The Morgan fingerprint density at radius 1 is 0.833 bits per heavy atom. The highest BCUT2D eigenvalue weighted by Crippen LogP contribution is 2.29. The topological polar surface area (TPSA) is 0 Å². The molecule has 1 fully saturated rings. The first kappa shape index (κ1) is 14.5. The Kier molecular flexibility index (Phi) is 6.21. The zero-order chi connectivity index (χ0) is 13.4. The van der Waals surface area contributed by atoms with Crippen LogP contribution in [-0.2, 0) is 0 Å². The van der Waals surface area contributed by atoms with Crippen molar-refractivity contribution < 1.29 is 0 Å². The number of allylic oxidation sites excluding steroid dienone is 8. The van der Waals surface area contributed by atoms with Crippen LogP contribution in [0.15, 0.2) is 73.4 Å². The van der Waals surface area contributed by atoms with Crippen LogP contribution in [0.1, 0.15) is 32.1 Å². The van der Waals surface area contributed by atoms with Crippen molar-refractivity contribution >= 4 is 0 Å². The minimum Gasteiger partial charge on any atom is -0.0991 e. The summed E-state index contributed by atoms with van der Waals surface area (Å²) >= 11 is 0. The molecule has 1 aliphatic rings. The number of hydrogen-bond acceptors (Lipinski definition) is 0. The molecule has 0 heterocycles. The third-order valence-corrected chi connectivity index (χ3v) is 3.47. The van der Waals surface area contributed by atoms with Gasteiger partial charge in [-0.05, 0) is 29.9 Å². The molecule has 0 nitrogen and oxygen atoms in total. The highest BCUT2D eigenvalue weighted by molar-refractivity contribution is 5.44. The van der Waals surface area contributed by atoms with E-state index in [1.165, 1.54) is 37.7 Å². The fourth-order valence-electron chi connectivity index (χ4n) is 2.22. The van der Waals surface area contributed by atoms with Gasteiger partial charge in [-0.1, -0.05) is 81.5 Å². The van der Waals surface area contributed by atoms with E-state index in [4.69, 9.17) is 0 Å².